The highest BCUT2D eigenvalue weighted by atomic mass is 19.1. The van der Waals surface area contributed by atoms with Crippen molar-refractivity contribution < 1.29 is 9.18 Å². The van der Waals surface area contributed by atoms with Gasteiger partial charge in [0.25, 0.3) is 5.91 Å². The molecular weight excluding hydrogens is 409 g/mol. The van der Waals surface area contributed by atoms with E-state index in [4.69, 9.17) is 0 Å². The summed E-state index contributed by atoms with van der Waals surface area (Å²) in [4.78, 5) is 34.4. The second-order valence-corrected chi connectivity index (χ2v) is 8.45. The van der Waals surface area contributed by atoms with Crippen LogP contribution in [0.5, 0.6) is 0 Å². The van der Waals surface area contributed by atoms with Gasteiger partial charge in [-0.25, -0.2) is 4.39 Å². The molecule has 3 heterocycles. The molecule has 0 unspecified atom stereocenters. The number of carbonyl (C=O) groups excluding carboxylic acids is 1. The zero-order valence-electron chi connectivity index (χ0n) is 18.1. The van der Waals surface area contributed by atoms with E-state index >= 15 is 4.39 Å². The lowest BCUT2D eigenvalue weighted by atomic mass is 10.1. The van der Waals surface area contributed by atoms with Crippen LogP contribution >= 0.6 is 0 Å². The molecule has 1 aromatic carbocycles. The van der Waals surface area contributed by atoms with E-state index in [9.17, 15) is 9.59 Å². The number of nitrogens with zero attached hydrogens (tertiary/aromatic N) is 4. The zero-order chi connectivity index (χ0) is 22.2. The lowest BCUT2D eigenvalue weighted by molar-refractivity contribution is 0.102. The first kappa shape index (κ1) is 20.6. The van der Waals surface area contributed by atoms with Gasteiger partial charge in [0.2, 0.25) is 5.43 Å². The van der Waals surface area contributed by atoms with Crippen LogP contribution in [0, 0.1) is 5.82 Å². The van der Waals surface area contributed by atoms with Crippen molar-refractivity contribution in [1.29, 1.82) is 0 Å². The Bertz CT molecular complexity index is 1210. The molecule has 32 heavy (non-hydrogen) atoms. The Morgan fingerprint density at radius 3 is 2.66 bits per heavy atom. The summed E-state index contributed by atoms with van der Waals surface area (Å²) in [7, 11) is 0. The first-order valence-corrected chi connectivity index (χ1v) is 11.1. The molecule has 5 rings (SSSR count). The molecule has 1 N–H and O–H groups in total. The molecule has 2 aromatic heterocycles. The molecular formula is C24H26FN5O2. The van der Waals surface area contributed by atoms with Crippen molar-refractivity contribution in [2.24, 2.45) is 0 Å². The Hall–Kier alpha value is -3.26. The van der Waals surface area contributed by atoms with E-state index in [0.717, 1.165) is 45.6 Å². The SMILES string of the molecule is CCN1CCN(c2cc3c(cc2F)c(=O)c(C(=O)Nc2cccnc2)cn3C2CC2)CC1. The van der Waals surface area contributed by atoms with Crippen LogP contribution in [0.3, 0.4) is 0 Å². The minimum Gasteiger partial charge on any atom is -0.367 e. The van der Waals surface area contributed by atoms with Gasteiger partial charge in [0.1, 0.15) is 11.4 Å². The Morgan fingerprint density at radius 2 is 2.00 bits per heavy atom. The molecule has 2 aliphatic rings. The van der Waals surface area contributed by atoms with Crippen LogP contribution in [0.15, 0.2) is 47.7 Å². The van der Waals surface area contributed by atoms with Gasteiger partial charge in [-0.3, -0.25) is 14.6 Å². The largest absolute Gasteiger partial charge is 0.367 e. The number of likely N-dealkylation sites (N-methyl/N-ethyl adjacent to an activating group) is 1. The van der Waals surface area contributed by atoms with E-state index in [1.54, 1.807) is 30.6 Å². The van der Waals surface area contributed by atoms with Gasteiger partial charge < -0.3 is 19.7 Å². The molecule has 166 valence electrons. The number of hydrogen-bond donors (Lipinski definition) is 1. The van der Waals surface area contributed by atoms with Crippen molar-refractivity contribution in [2.45, 2.75) is 25.8 Å². The quantitative estimate of drug-likeness (QED) is 0.666. The fraction of sp³-hybridized carbons (Fsp3) is 0.375. The lowest BCUT2D eigenvalue weighted by Gasteiger charge is -2.35. The van der Waals surface area contributed by atoms with Gasteiger partial charge in [-0.15, -0.1) is 0 Å². The van der Waals surface area contributed by atoms with Gasteiger partial charge in [-0.05, 0) is 43.7 Å². The fourth-order valence-electron chi connectivity index (χ4n) is 4.36. The molecule has 0 spiro atoms. The summed E-state index contributed by atoms with van der Waals surface area (Å²) in [6, 6.07) is 6.72. The van der Waals surface area contributed by atoms with Crippen LogP contribution in [0.1, 0.15) is 36.2 Å². The van der Waals surface area contributed by atoms with Crippen molar-refractivity contribution in [2.75, 3.05) is 42.9 Å². The molecule has 1 aliphatic heterocycles. The standard InChI is InChI=1S/C24H26FN5O2/c1-2-28-8-10-29(11-9-28)22-13-21-18(12-20(22)25)23(31)19(15-30(21)17-5-6-17)24(32)27-16-4-3-7-26-14-16/h3-4,7,12-15,17H,2,5-6,8-11H2,1H3,(H,27,32). The predicted molar refractivity (Wildman–Crippen MR) is 123 cm³/mol. The van der Waals surface area contributed by atoms with E-state index in [2.05, 4.69) is 22.1 Å². The van der Waals surface area contributed by atoms with Crippen LogP contribution < -0.4 is 15.6 Å². The summed E-state index contributed by atoms with van der Waals surface area (Å²) < 4.78 is 17.2. The highest BCUT2D eigenvalue weighted by Crippen LogP contribution is 2.38. The second-order valence-electron chi connectivity index (χ2n) is 8.45. The molecule has 1 aliphatic carbocycles. The van der Waals surface area contributed by atoms with Crippen LogP contribution in [-0.4, -0.2) is 53.1 Å². The highest BCUT2D eigenvalue weighted by Gasteiger charge is 2.28. The van der Waals surface area contributed by atoms with Gasteiger partial charge in [-0.1, -0.05) is 6.92 Å². The average molecular weight is 436 g/mol. The van der Waals surface area contributed by atoms with E-state index < -0.39 is 17.2 Å². The number of rotatable bonds is 5. The fourth-order valence-corrected chi connectivity index (χ4v) is 4.36. The number of amides is 1. The summed E-state index contributed by atoms with van der Waals surface area (Å²) >= 11 is 0. The number of fused-ring (bicyclic) bond motifs is 1. The van der Waals surface area contributed by atoms with Crippen molar-refractivity contribution in [3.05, 3.63) is 64.5 Å². The molecule has 8 heteroatoms. The van der Waals surface area contributed by atoms with Crippen molar-refractivity contribution in [1.82, 2.24) is 14.5 Å². The van der Waals surface area contributed by atoms with Gasteiger partial charge in [-0.2, -0.15) is 0 Å². The number of anilines is 2. The number of pyridine rings is 2. The number of aromatic nitrogens is 2. The number of piperazine rings is 1. The summed E-state index contributed by atoms with van der Waals surface area (Å²) in [5, 5.41) is 2.96. The number of halogens is 1. The Kier molecular flexibility index (Phi) is 5.38. The van der Waals surface area contributed by atoms with E-state index in [1.807, 2.05) is 9.47 Å². The molecule has 1 amide bonds. The smallest absolute Gasteiger partial charge is 0.261 e. The second kappa shape index (κ2) is 8.35. The average Bonchev–Trinajstić information content (AvgIpc) is 3.65. The van der Waals surface area contributed by atoms with Crippen molar-refractivity contribution >= 4 is 28.2 Å². The summed E-state index contributed by atoms with van der Waals surface area (Å²) in [5.74, 6) is -0.939. The monoisotopic (exact) mass is 435 g/mol. The van der Waals surface area contributed by atoms with Gasteiger partial charge in [0, 0.05) is 50.0 Å². The molecule has 3 aromatic rings. The maximum absolute atomic E-state index is 15.2. The minimum absolute atomic E-state index is 0.0111. The Labute approximate surface area is 185 Å². The molecule has 1 saturated carbocycles. The predicted octanol–water partition coefficient (Wildman–Crippen LogP) is 3.26. The summed E-state index contributed by atoms with van der Waals surface area (Å²) in [6.07, 6.45) is 6.70. The van der Waals surface area contributed by atoms with Gasteiger partial charge in [0.15, 0.2) is 0 Å². The molecule has 0 bridgehead atoms. The normalized spacial score (nSPS) is 17.0. The van der Waals surface area contributed by atoms with Crippen molar-refractivity contribution in [3.8, 4) is 0 Å². The maximum atomic E-state index is 15.2. The lowest BCUT2D eigenvalue weighted by Crippen LogP contribution is -2.46. The van der Waals surface area contributed by atoms with Crippen LogP contribution in [0.25, 0.3) is 10.9 Å². The van der Waals surface area contributed by atoms with E-state index in [-0.39, 0.29) is 17.0 Å². The summed E-state index contributed by atoms with van der Waals surface area (Å²) in [5.41, 5.74) is 1.26. The third-order valence-electron chi connectivity index (χ3n) is 6.37. The Morgan fingerprint density at radius 1 is 1.22 bits per heavy atom. The number of nitrogens with one attached hydrogen (secondary N) is 1. The Balaban J connectivity index is 1.55. The first-order chi connectivity index (χ1) is 15.5. The van der Waals surface area contributed by atoms with Gasteiger partial charge in [0.05, 0.1) is 23.1 Å². The molecule has 0 radical (unpaired) electrons. The highest BCUT2D eigenvalue weighted by molar-refractivity contribution is 6.05. The van der Waals surface area contributed by atoms with Crippen molar-refractivity contribution in [3.63, 3.8) is 0 Å². The number of benzene rings is 1. The van der Waals surface area contributed by atoms with Crippen LogP contribution in [0.4, 0.5) is 15.8 Å². The molecule has 2 fully saturated rings. The maximum Gasteiger partial charge on any atom is 0.261 e. The zero-order valence-corrected chi connectivity index (χ0v) is 18.1. The molecule has 7 nitrogen and oxygen atoms in total. The minimum atomic E-state index is -0.514. The molecule has 1 saturated heterocycles. The number of carbonyl (C=O) groups is 1. The number of hydrogen-bond acceptors (Lipinski definition) is 5. The van der Waals surface area contributed by atoms with Crippen LogP contribution in [-0.2, 0) is 0 Å². The van der Waals surface area contributed by atoms with E-state index in [0.29, 0.717) is 16.9 Å². The topological polar surface area (TPSA) is 70.5 Å². The molecule has 0 atom stereocenters. The third kappa shape index (κ3) is 3.86. The first-order valence-electron chi connectivity index (χ1n) is 11.1. The van der Waals surface area contributed by atoms with Crippen LogP contribution in [0.2, 0.25) is 0 Å². The van der Waals surface area contributed by atoms with Gasteiger partial charge >= 0.3 is 0 Å². The summed E-state index contributed by atoms with van der Waals surface area (Å²) in [6.45, 7) is 6.38. The van der Waals surface area contributed by atoms with E-state index in [1.165, 1.54) is 12.3 Å². The third-order valence-corrected chi connectivity index (χ3v) is 6.37.